The highest BCUT2D eigenvalue weighted by atomic mass is 35.5. The van der Waals surface area contributed by atoms with Crippen LogP contribution in [-0.4, -0.2) is 54.0 Å². The van der Waals surface area contributed by atoms with E-state index >= 15 is 0 Å². The summed E-state index contributed by atoms with van der Waals surface area (Å²) in [5.74, 6) is 0.794. The van der Waals surface area contributed by atoms with Crippen LogP contribution in [0.4, 0.5) is 0 Å². The van der Waals surface area contributed by atoms with Crippen LogP contribution in [0.2, 0.25) is 0 Å². The lowest BCUT2D eigenvalue weighted by Crippen LogP contribution is -2.48. The minimum absolute atomic E-state index is 0. The molecular formula is C17H22ClN3O2S. The molecule has 0 bridgehead atoms. The van der Waals surface area contributed by atoms with Gasteiger partial charge in [-0.1, -0.05) is 6.07 Å². The Balaban J connectivity index is 0.00000208. The smallest absolute Gasteiger partial charge is 0.254 e. The van der Waals surface area contributed by atoms with Crippen LogP contribution < -0.4 is 4.74 Å². The molecule has 1 saturated heterocycles. The lowest BCUT2D eigenvalue weighted by atomic mass is 10.1. The quantitative estimate of drug-likeness (QED) is 0.833. The second-order valence-electron chi connectivity index (χ2n) is 5.68. The second-order valence-corrected chi connectivity index (χ2v) is 6.63. The maximum absolute atomic E-state index is 12.6. The molecule has 2 heterocycles. The summed E-state index contributed by atoms with van der Waals surface area (Å²) in [4.78, 5) is 21.4. The molecule has 0 N–H and O–H groups in total. The molecule has 1 aliphatic heterocycles. The Bertz CT molecular complexity index is 684. The van der Waals surface area contributed by atoms with Gasteiger partial charge in [-0.15, -0.1) is 23.7 Å². The lowest BCUT2D eigenvalue weighted by Gasteiger charge is -2.34. The molecule has 3 rings (SSSR count). The Morgan fingerprint density at radius 1 is 1.29 bits per heavy atom. The molecule has 0 radical (unpaired) electrons. The van der Waals surface area contributed by atoms with Crippen molar-refractivity contribution in [1.29, 1.82) is 0 Å². The number of halogens is 1. The lowest BCUT2D eigenvalue weighted by molar-refractivity contribution is 0.0628. The van der Waals surface area contributed by atoms with Crippen LogP contribution in [0.5, 0.6) is 5.75 Å². The van der Waals surface area contributed by atoms with E-state index in [2.05, 4.69) is 15.3 Å². The fourth-order valence-corrected chi connectivity index (χ4v) is 3.53. The molecule has 0 aliphatic carbocycles. The van der Waals surface area contributed by atoms with Gasteiger partial charge in [-0.25, -0.2) is 4.98 Å². The Labute approximate surface area is 152 Å². The van der Waals surface area contributed by atoms with Gasteiger partial charge in [0, 0.05) is 42.8 Å². The number of hydrogen-bond acceptors (Lipinski definition) is 5. The first-order valence-electron chi connectivity index (χ1n) is 7.72. The molecule has 5 nitrogen and oxygen atoms in total. The number of ether oxygens (including phenoxy) is 1. The van der Waals surface area contributed by atoms with Crippen LogP contribution in [-0.2, 0) is 6.54 Å². The maximum Gasteiger partial charge on any atom is 0.254 e. The van der Waals surface area contributed by atoms with Gasteiger partial charge in [0.15, 0.2) is 0 Å². The third-order valence-corrected chi connectivity index (χ3v) is 4.95. The zero-order valence-electron chi connectivity index (χ0n) is 13.9. The first-order chi connectivity index (χ1) is 11.2. The summed E-state index contributed by atoms with van der Waals surface area (Å²) in [6.07, 6.45) is 0. The van der Waals surface area contributed by atoms with Crippen molar-refractivity contribution >= 4 is 29.7 Å². The number of methoxy groups -OCH3 is 1. The molecule has 24 heavy (non-hydrogen) atoms. The third-order valence-electron chi connectivity index (χ3n) is 4.00. The highest BCUT2D eigenvalue weighted by molar-refractivity contribution is 7.09. The minimum atomic E-state index is 0. The van der Waals surface area contributed by atoms with Crippen LogP contribution in [0.25, 0.3) is 0 Å². The Morgan fingerprint density at radius 3 is 2.67 bits per heavy atom. The molecular weight excluding hydrogens is 346 g/mol. The van der Waals surface area contributed by atoms with E-state index in [1.807, 2.05) is 30.0 Å². The minimum Gasteiger partial charge on any atom is -0.497 e. The number of nitrogens with zero attached hydrogens (tertiary/aromatic N) is 3. The molecule has 7 heteroatoms. The average Bonchev–Trinajstić information content (AvgIpc) is 3.00. The highest BCUT2D eigenvalue weighted by Gasteiger charge is 2.22. The van der Waals surface area contributed by atoms with Crippen LogP contribution >= 0.6 is 23.7 Å². The maximum atomic E-state index is 12.6. The Hall–Kier alpha value is -1.63. The fraction of sp³-hybridized carbons (Fsp3) is 0.412. The zero-order valence-corrected chi connectivity index (χ0v) is 15.5. The number of aryl methyl sites for hydroxylation is 1. The van der Waals surface area contributed by atoms with Gasteiger partial charge in [-0.05, 0) is 25.1 Å². The summed E-state index contributed by atoms with van der Waals surface area (Å²) < 4.78 is 5.19. The van der Waals surface area contributed by atoms with E-state index in [1.54, 1.807) is 24.5 Å². The number of piperazine rings is 1. The predicted molar refractivity (Wildman–Crippen MR) is 98.3 cm³/mol. The average molecular weight is 368 g/mol. The van der Waals surface area contributed by atoms with E-state index < -0.39 is 0 Å². The molecule has 0 spiro atoms. The summed E-state index contributed by atoms with van der Waals surface area (Å²) in [6, 6.07) is 7.35. The van der Waals surface area contributed by atoms with E-state index in [9.17, 15) is 4.79 Å². The van der Waals surface area contributed by atoms with Gasteiger partial charge in [0.05, 0.1) is 13.7 Å². The Morgan fingerprint density at radius 2 is 2.04 bits per heavy atom. The van der Waals surface area contributed by atoms with Crippen LogP contribution in [0.1, 0.15) is 21.1 Å². The Kier molecular flexibility index (Phi) is 6.60. The summed E-state index contributed by atoms with van der Waals surface area (Å²) in [6.45, 7) is 6.16. The molecule has 1 aliphatic rings. The fourth-order valence-electron chi connectivity index (χ4n) is 2.71. The van der Waals surface area contributed by atoms with Gasteiger partial charge in [0.1, 0.15) is 10.8 Å². The van der Waals surface area contributed by atoms with Gasteiger partial charge in [-0.3, -0.25) is 9.69 Å². The standard InChI is InChI=1S/C17H21N3O2S.ClH/c1-13-12-23-16(18-13)11-19-6-8-20(9-7-19)17(21)14-4-3-5-15(10-14)22-2;/h3-5,10,12H,6-9,11H2,1-2H3;1H. The number of hydrogen-bond donors (Lipinski definition) is 0. The van der Waals surface area contributed by atoms with Crippen molar-refractivity contribution in [3.05, 3.63) is 45.9 Å². The summed E-state index contributed by atoms with van der Waals surface area (Å²) >= 11 is 1.70. The van der Waals surface area contributed by atoms with Gasteiger partial charge in [-0.2, -0.15) is 0 Å². The molecule has 0 saturated carbocycles. The number of thiazole rings is 1. The third kappa shape index (κ3) is 4.47. The van der Waals surface area contributed by atoms with E-state index in [-0.39, 0.29) is 18.3 Å². The van der Waals surface area contributed by atoms with E-state index in [1.165, 1.54) is 0 Å². The van der Waals surface area contributed by atoms with Crippen LogP contribution in [0, 0.1) is 6.92 Å². The predicted octanol–water partition coefficient (Wildman–Crippen LogP) is 2.84. The van der Waals surface area contributed by atoms with E-state index in [0.29, 0.717) is 11.3 Å². The SMILES string of the molecule is COc1cccc(C(=O)N2CCN(Cc3nc(C)cs3)CC2)c1.Cl. The van der Waals surface area contributed by atoms with Crippen molar-refractivity contribution in [3.63, 3.8) is 0 Å². The number of aromatic nitrogens is 1. The first-order valence-corrected chi connectivity index (χ1v) is 8.60. The number of rotatable bonds is 4. The van der Waals surface area contributed by atoms with Crippen molar-refractivity contribution in [2.45, 2.75) is 13.5 Å². The van der Waals surface area contributed by atoms with E-state index in [0.717, 1.165) is 43.4 Å². The van der Waals surface area contributed by atoms with Gasteiger partial charge < -0.3 is 9.64 Å². The van der Waals surface area contributed by atoms with Gasteiger partial charge in [0.2, 0.25) is 0 Å². The molecule has 2 aromatic rings. The molecule has 0 unspecified atom stereocenters. The number of benzene rings is 1. The topological polar surface area (TPSA) is 45.7 Å². The van der Waals surface area contributed by atoms with Crippen LogP contribution in [0.3, 0.4) is 0 Å². The molecule has 0 atom stereocenters. The normalized spacial score (nSPS) is 15.0. The van der Waals surface area contributed by atoms with Crippen LogP contribution in [0.15, 0.2) is 29.6 Å². The number of carbonyl (C=O) groups is 1. The first kappa shape index (κ1) is 18.7. The van der Waals surface area contributed by atoms with E-state index in [4.69, 9.17) is 4.74 Å². The summed E-state index contributed by atoms with van der Waals surface area (Å²) in [5, 5.41) is 3.23. The van der Waals surface area contributed by atoms with Crippen molar-refractivity contribution < 1.29 is 9.53 Å². The molecule has 1 amide bonds. The van der Waals surface area contributed by atoms with Crippen molar-refractivity contribution in [3.8, 4) is 5.75 Å². The number of amides is 1. The van der Waals surface area contributed by atoms with Gasteiger partial charge in [0.25, 0.3) is 5.91 Å². The molecule has 1 fully saturated rings. The second kappa shape index (κ2) is 8.46. The van der Waals surface area contributed by atoms with Crippen molar-refractivity contribution in [1.82, 2.24) is 14.8 Å². The molecule has 1 aromatic carbocycles. The zero-order chi connectivity index (χ0) is 16.2. The van der Waals surface area contributed by atoms with Gasteiger partial charge >= 0.3 is 0 Å². The number of carbonyl (C=O) groups excluding carboxylic acids is 1. The van der Waals surface area contributed by atoms with Crippen molar-refractivity contribution in [2.24, 2.45) is 0 Å². The summed E-state index contributed by atoms with van der Waals surface area (Å²) in [7, 11) is 1.61. The molecule has 1 aromatic heterocycles. The highest BCUT2D eigenvalue weighted by Crippen LogP contribution is 2.17. The molecule has 130 valence electrons. The van der Waals surface area contributed by atoms with Crippen molar-refractivity contribution in [2.75, 3.05) is 33.3 Å². The monoisotopic (exact) mass is 367 g/mol. The largest absolute Gasteiger partial charge is 0.497 e. The summed E-state index contributed by atoms with van der Waals surface area (Å²) in [5.41, 5.74) is 1.77.